The minimum Gasteiger partial charge on any atom is -0.490 e. The van der Waals surface area contributed by atoms with Crippen LogP contribution in [-0.4, -0.2) is 35.3 Å². The second kappa shape index (κ2) is 14.5. The number of rotatable bonds is 15. The van der Waals surface area contributed by atoms with Crippen LogP contribution in [0.3, 0.4) is 0 Å². The first-order valence-corrected chi connectivity index (χ1v) is 11.5. The number of aromatic nitrogens is 2. The Bertz CT molecular complexity index is 747. The molecule has 0 saturated carbocycles. The molecule has 6 nitrogen and oxygen atoms in total. The summed E-state index contributed by atoms with van der Waals surface area (Å²) >= 11 is 0. The van der Waals surface area contributed by atoms with E-state index in [1.807, 2.05) is 12.1 Å². The summed E-state index contributed by atoms with van der Waals surface area (Å²) in [5.41, 5.74) is 0.841. The molecule has 0 aliphatic carbocycles. The van der Waals surface area contributed by atoms with E-state index < -0.39 is 6.10 Å². The first-order valence-electron chi connectivity index (χ1n) is 11.5. The van der Waals surface area contributed by atoms with E-state index in [0.29, 0.717) is 30.5 Å². The van der Waals surface area contributed by atoms with Crippen LogP contribution in [0, 0.1) is 0 Å². The summed E-state index contributed by atoms with van der Waals surface area (Å²) < 4.78 is 16.7. The molecule has 1 aromatic carbocycles. The van der Waals surface area contributed by atoms with E-state index in [1.165, 1.54) is 19.3 Å². The molecule has 0 saturated heterocycles. The molecule has 170 valence electrons. The summed E-state index contributed by atoms with van der Waals surface area (Å²) in [6, 6.07) is 7.14. The number of nitrogens with zero attached hydrogens (tertiary/aromatic N) is 2. The first kappa shape index (κ1) is 24.8. The minimum absolute atomic E-state index is 0.387. The van der Waals surface area contributed by atoms with Crippen LogP contribution in [0.5, 0.6) is 11.5 Å². The fourth-order valence-electron chi connectivity index (χ4n) is 2.99. The van der Waals surface area contributed by atoms with Gasteiger partial charge in [0.2, 0.25) is 0 Å². The summed E-state index contributed by atoms with van der Waals surface area (Å²) in [5.74, 6) is 1.36. The molecule has 0 amide bonds. The normalized spacial score (nSPS) is 11.8. The van der Waals surface area contributed by atoms with Crippen LogP contribution in [0.15, 0.2) is 36.7 Å². The van der Waals surface area contributed by atoms with Crippen LogP contribution in [-0.2, 0) is 9.53 Å². The van der Waals surface area contributed by atoms with Crippen molar-refractivity contribution in [1.29, 1.82) is 0 Å². The molecule has 1 heterocycles. The van der Waals surface area contributed by atoms with Crippen LogP contribution in [0.2, 0.25) is 0 Å². The summed E-state index contributed by atoms with van der Waals surface area (Å²) in [4.78, 5) is 20.9. The summed E-state index contributed by atoms with van der Waals surface area (Å²) in [5, 5.41) is 0. The van der Waals surface area contributed by atoms with E-state index in [1.54, 1.807) is 31.5 Å². The molecule has 1 unspecified atom stereocenters. The van der Waals surface area contributed by atoms with Gasteiger partial charge in [0.25, 0.3) is 0 Å². The van der Waals surface area contributed by atoms with Crippen molar-refractivity contribution in [2.45, 2.75) is 78.2 Å². The number of hydrogen-bond acceptors (Lipinski definition) is 6. The summed E-state index contributed by atoms with van der Waals surface area (Å²) in [6.07, 6.45) is 11.9. The third-order valence-electron chi connectivity index (χ3n) is 4.92. The zero-order chi connectivity index (χ0) is 22.3. The summed E-state index contributed by atoms with van der Waals surface area (Å²) in [7, 11) is 0. The third-order valence-corrected chi connectivity index (χ3v) is 4.92. The molecule has 0 fully saturated rings. The number of esters is 1. The molecule has 2 rings (SSSR count). The SMILES string of the molecule is CCCCCCCOC(C)C(=O)Oc1ccc(-c2ncc(OCCCCC)cn2)cc1. The quantitative estimate of drug-likeness (QED) is 0.197. The highest BCUT2D eigenvalue weighted by molar-refractivity contribution is 5.77. The first-order chi connectivity index (χ1) is 15.1. The predicted octanol–water partition coefficient (Wildman–Crippen LogP) is 5.99. The molecule has 0 bridgehead atoms. The van der Waals surface area contributed by atoms with Crippen molar-refractivity contribution in [3.8, 4) is 22.9 Å². The van der Waals surface area contributed by atoms with Gasteiger partial charge in [-0.15, -0.1) is 0 Å². The van der Waals surface area contributed by atoms with Gasteiger partial charge in [0.1, 0.15) is 5.75 Å². The van der Waals surface area contributed by atoms with Crippen LogP contribution >= 0.6 is 0 Å². The predicted molar refractivity (Wildman–Crippen MR) is 122 cm³/mol. The average Bonchev–Trinajstić information content (AvgIpc) is 2.80. The van der Waals surface area contributed by atoms with Gasteiger partial charge in [-0.05, 0) is 44.0 Å². The van der Waals surface area contributed by atoms with Gasteiger partial charge in [-0.25, -0.2) is 14.8 Å². The number of benzene rings is 1. The molecule has 0 radical (unpaired) electrons. The molecular weight excluding hydrogens is 392 g/mol. The van der Waals surface area contributed by atoms with E-state index in [-0.39, 0.29) is 5.97 Å². The zero-order valence-corrected chi connectivity index (χ0v) is 19.1. The average molecular weight is 429 g/mol. The van der Waals surface area contributed by atoms with Gasteiger partial charge in [-0.3, -0.25) is 0 Å². The van der Waals surface area contributed by atoms with E-state index >= 15 is 0 Å². The molecule has 0 aliphatic rings. The lowest BCUT2D eigenvalue weighted by Gasteiger charge is -2.12. The Morgan fingerprint density at radius 1 is 0.839 bits per heavy atom. The van der Waals surface area contributed by atoms with Gasteiger partial charge in [0, 0.05) is 12.2 Å². The van der Waals surface area contributed by atoms with Crippen molar-refractivity contribution in [1.82, 2.24) is 9.97 Å². The standard InChI is InChI=1S/C25H36N2O4/c1-4-6-8-9-11-16-29-20(3)25(28)31-22-14-12-21(13-15-22)24-26-18-23(19-27-24)30-17-10-7-5-2/h12-15,18-20H,4-11,16-17H2,1-3H3. The van der Waals surface area contributed by atoms with Crippen molar-refractivity contribution in [3.05, 3.63) is 36.7 Å². The minimum atomic E-state index is -0.584. The lowest BCUT2D eigenvalue weighted by molar-refractivity contribution is -0.146. The smallest absolute Gasteiger partial charge is 0.340 e. The van der Waals surface area contributed by atoms with Crippen LogP contribution in [0.25, 0.3) is 11.4 Å². The number of ether oxygens (including phenoxy) is 3. The Morgan fingerprint density at radius 2 is 1.45 bits per heavy atom. The second-order valence-electron chi connectivity index (χ2n) is 7.67. The van der Waals surface area contributed by atoms with Crippen molar-refractivity contribution in [2.24, 2.45) is 0 Å². The fourth-order valence-corrected chi connectivity index (χ4v) is 2.99. The number of hydrogen-bond donors (Lipinski definition) is 0. The Morgan fingerprint density at radius 3 is 2.13 bits per heavy atom. The molecule has 6 heteroatoms. The van der Waals surface area contributed by atoms with Gasteiger partial charge >= 0.3 is 5.97 Å². The van der Waals surface area contributed by atoms with E-state index in [0.717, 1.165) is 37.7 Å². The van der Waals surface area contributed by atoms with E-state index in [2.05, 4.69) is 23.8 Å². The number of carbonyl (C=O) groups excluding carboxylic acids is 1. The highest BCUT2D eigenvalue weighted by atomic mass is 16.6. The molecule has 0 N–H and O–H groups in total. The number of unbranched alkanes of at least 4 members (excludes halogenated alkanes) is 6. The van der Waals surface area contributed by atoms with E-state index in [4.69, 9.17) is 14.2 Å². The highest BCUT2D eigenvalue weighted by Crippen LogP contribution is 2.21. The Balaban J connectivity index is 1.77. The Kier molecular flexibility index (Phi) is 11.6. The number of carbonyl (C=O) groups is 1. The highest BCUT2D eigenvalue weighted by Gasteiger charge is 2.16. The van der Waals surface area contributed by atoms with Gasteiger partial charge in [0.05, 0.1) is 19.0 Å². The molecule has 0 spiro atoms. The molecule has 0 aliphatic heterocycles. The van der Waals surface area contributed by atoms with Gasteiger partial charge in [-0.1, -0.05) is 52.4 Å². The van der Waals surface area contributed by atoms with Gasteiger partial charge < -0.3 is 14.2 Å². The molecule has 1 atom stereocenters. The lowest BCUT2D eigenvalue weighted by Crippen LogP contribution is -2.26. The van der Waals surface area contributed by atoms with Crippen molar-refractivity contribution < 1.29 is 19.0 Å². The van der Waals surface area contributed by atoms with Gasteiger partial charge in [0.15, 0.2) is 17.7 Å². The second-order valence-corrected chi connectivity index (χ2v) is 7.67. The lowest BCUT2D eigenvalue weighted by atomic mass is 10.2. The van der Waals surface area contributed by atoms with Crippen molar-refractivity contribution >= 4 is 5.97 Å². The maximum absolute atomic E-state index is 12.2. The van der Waals surface area contributed by atoms with Crippen molar-refractivity contribution in [3.63, 3.8) is 0 Å². The van der Waals surface area contributed by atoms with Crippen LogP contribution in [0.1, 0.15) is 72.1 Å². The summed E-state index contributed by atoms with van der Waals surface area (Å²) in [6.45, 7) is 7.33. The largest absolute Gasteiger partial charge is 0.490 e. The van der Waals surface area contributed by atoms with Crippen LogP contribution < -0.4 is 9.47 Å². The maximum Gasteiger partial charge on any atom is 0.340 e. The molecule has 1 aromatic heterocycles. The molecule has 2 aromatic rings. The van der Waals surface area contributed by atoms with Crippen molar-refractivity contribution in [2.75, 3.05) is 13.2 Å². The third kappa shape index (κ3) is 9.47. The Labute approximate surface area is 186 Å². The molecular formula is C25H36N2O4. The topological polar surface area (TPSA) is 70.5 Å². The van der Waals surface area contributed by atoms with Crippen LogP contribution in [0.4, 0.5) is 0 Å². The zero-order valence-electron chi connectivity index (χ0n) is 19.1. The van der Waals surface area contributed by atoms with Gasteiger partial charge in [-0.2, -0.15) is 0 Å². The fraction of sp³-hybridized carbons (Fsp3) is 0.560. The maximum atomic E-state index is 12.2. The Hall–Kier alpha value is -2.47. The molecule has 31 heavy (non-hydrogen) atoms. The van der Waals surface area contributed by atoms with E-state index in [9.17, 15) is 4.79 Å². The monoisotopic (exact) mass is 428 g/mol.